The zero-order valence-electron chi connectivity index (χ0n) is 11.6. The van der Waals surface area contributed by atoms with Gasteiger partial charge in [-0.2, -0.15) is 0 Å². The smallest absolute Gasteiger partial charge is 0.165 e. The average molecular weight is 266 g/mol. The molecule has 1 aliphatic rings. The highest BCUT2D eigenvalue weighted by atomic mass is 19.1. The molecule has 1 aromatic rings. The second-order valence-corrected chi connectivity index (χ2v) is 5.22. The summed E-state index contributed by atoms with van der Waals surface area (Å²) in [5.74, 6) is -0.0722. The Kier molecular flexibility index (Phi) is 5.16. The number of hydrogen-bond acceptors (Lipinski definition) is 3. The largest absolute Gasteiger partial charge is 0.494 e. The lowest BCUT2D eigenvalue weighted by atomic mass is 10.1. The lowest BCUT2D eigenvalue weighted by Crippen LogP contribution is -2.33. The van der Waals surface area contributed by atoms with Gasteiger partial charge in [0.15, 0.2) is 11.6 Å². The fraction of sp³-hybridized carbons (Fsp3) is 0.600. The monoisotopic (exact) mass is 266 g/mol. The summed E-state index contributed by atoms with van der Waals surface area (Å²) in [5, 5.41) is 0. The summed E-state index contributed by atoms with van der Waals surface area (Å²) in [6.07, 6.45) is 5.10. The molecule has 2 rings (SSSR count). The first-order valence-electron chi connectivity index (χ1n) is 7.02. The van der Waals surface area contributed by atoms with Crippen molar-refractivity contribution in [1.82, 2.24) is 4.90 Å². The van der Waals surface area contributed by atoms with E-state index in [1.165, 1.54) is 38.9 Å². The van der Waals surface area contributed by atoms with E-state index in [1.807, 2.05) is 6.07 Å². The minimum atomic E-state index is -0.341. The van der Waals surface area contributed by atoms with Gasteiger partial charge in [0.05, 0.1) is 7.11 Å². The molecule has 1 saturated heterocycles. The van der Waals surface area contributed by atoms with E-state index in [9.17, 15) is 4.39 Å². The van der Waals surface area contributed by atoms with Gasteiger partial charge >= 0.3 is 0 Å². The molecule has 1 fully saturated rings. The van der Waals surface area contributed by atoms with Gasteiger partial charge in [-0.25, -0.2) is 4.39 Å². The van der Waals surface area contributed by atoms with Crippen LogP contribution in [0.3, 0.4) is 0 Å². The molecule has 2 N–H and O–H groups in total. The van der Waals surface area contributed by atoms with Gasteiger partial charge in [0.25, 0.3) is 0 Å². The van der Waals surface area contributed by atoms with Crippen LogP contribution in [-0.2, 0) is 0 Å². The first-order chi connectivity index (χ1) is 9.20. The molecular weight excluding hydrogens is 243 g/mol. The molecule has 0 aliphatic carbocycles. The molecule has 0 spiro atoms. The highest BCUT2D eigenvalue weighted by Gasteiger charge is 2.15. The second-order valence-electron chi connectivity index (χ2n) is 5.22. The van der Waals surface area contributed by atoms with Crippen LogP contribution in [-0.4, -0.2) is 31.6 Å². The van der Waals surface area contributed by atoms with Crippen molar-refractivity contribution in [2.24, 2.45) is 5.73 Å². The molecule has 3 nitrogen and oxygen atoms in total. The van der Waals surface area contributed by atoms with Crippen molar-refractivity contribution < 1.29 is 9.13 Å². The molecule has 0 bridgehead atoms. The van der Waals surface area contributed by atoms with Crippen molar-refractivity contribution in [3.8, 4) is 5.75 Å². The summed E-state index contributed by atoms with van der Waals surface area (Å²) >= 11 is 0. The molecule has 4 heteroatoms. The quantitative estimate of drug-likeness (QED) is 0.910. The van der Waals surface area contributed by atoms with Gasteiger partial charge in [-0.15, -0.1) is 0 Å². The molecule has 0 amide bonds. The van der Waals surface area contributed by atoms with E-state index < -0.39 is 0 Å². The number of nitrogens with zero attached hydrogens (tertiary/aromatic N) is 1. The van der Waals surface area contributed by atoms with E-state index in [2.05, 4.69) is 4.90 Å². The molecule has 1 atom stereocenters. The number of halogens is 1. The fourth-order valence-electron chi connectivity index (χ4n) is 2.62. The van der Waals surface area contributed by atoms with Crippen LogP contribution in [0.25, 0.3) is 0 Å². The Morgan fingerprint density at radius 2 is 1.95 bits per heavy atom. The first-order valence-corrected chi connectivity index (χ1v) is 7.02. The molecule has 106 valence electrons. The predicted molar refractivity (Wildman–Crippen MR) is 74.8 cm³/mol. The Balaban J connectivity index is 1.98. The topological polar surface area (TPSA) is 38.5 Å². The lowest BCUT2D eigenvalue weighted by molar-refractivity contribution is 0.267. The van der Waals surface area contributed by atoms with Gasteiger partial charge < -0.3 is 15.4 Å². The van der Waals surface area contributed by atoms with Gasteiger partial charge in [0.2, 0.25) is 0 Å². The van der Waals surface area contributed by atoms with Crippen molar-refractivity contribution >= 4 is 0 Å². The Morgan fingerprint density at radius 1 is 1.26 bits per heavy atom. The highest BCUT2D eigenvalue weighted by molar-refractivity contribution is 5.31. The first kappa shape index (κ1) is 14.3. The standard InChI is InChI=1S/C15H23FN2O/c1-19-15-7-6-12(10-13(15)16)14(17)11-18-8-4-2-3-5-9-18/h6-7,10,14H,2-5,8-9,11,17H2,1H3. The second kappa shape index (κ2) is 6.87. The van der Waals surface area contributed by atoms with Crippen LogP contribution < -0.4 is 10.5 Å². The maximum absolute atomic E-state index is 13.7. The molecule has 0 aromatic heterocycles. The Morgan fingerprint density at radius 3 is 2.53 bits per heavy atom. The van der Waals surface area contributed by atoms with E-state index >= 15 is 0 Å². The molecule has 1 aliphatic heterocycles. The van der Waals surface area contributed by atoms with Crippen LogP contribution in [0, 0.1) is 5.82 Å². The Bertz CT molecular complexity index is 403. The number of nitrogens with two attached hydrogens (primary N) is 1. The van der Waals surface area contributed by atoms with E-state index in [4.69, 9.17) is 10.5 Å². The number of methoxy groups -OCH3 is 1. The molecule has 0 radical (unpaired) electrons. The van der Waals surface area contributed by atoms with E-state index in [0.29, 0.717) is 0 Å². The molecule has 1 unspecified atom stereocenters. The summed E-state index contributed by atoms with van der Waals surface area (Å²) in [5.41, 5.74) is 7.02. The van der Waals surface area contributed by atoms with Crippen LogP contribution >= 0.6 is 0 Å². The normalized spacial score (nSPS) is 18.9. The third kappa shape index (κ3) is 3.91. The van der Waals surface area contributed by atoms with Crippen molar-refractivity contribution in [3.63, 3.8) is 0 Å². The Hall–Kier alpha value is -1.13. The van der Waals surface area contributed by atoms with Gasteiger partial charge in [-0.3, -0.25) is 0 Å². The summed E-state index contributed by atoms with van der Waals surface area (Å²) in [6, 6.07) is 4.84. The van der Waals surface area contributed by atoms with Crippen molar-refractivity contribution in [3.05, 3.63) is 29.6 Å². The summed E-state index contributed by atoms with van der Waals surface area (Å²) in [4.78, 5) is 2.39. The zero-order chi connectivity index (χ0) is 13.7. The summed E-state index contributed by atoms with van der Waals surface area (Å²) in [6.45, 7) is 3.00. The fourth-order valence-corrected chi connectivity index (χ4v) is 2.62. The molecular formula is C15H23FN2O. The van der Waals surface area contributed by atoms with E-state index in [0.717, 1.165) is 25.2 Å². The van der Waals surface area contributed by atoms with E-state index in [1.54, 1.807) is 6.07 Å². The number of ether oxygens (including phenoxy) is 1. The maximum Gasteiger partial charge on any atom is 0.165 e. The highest BCUT2D eigenvalue weighted by Crippen LogP contribution is 2.22. The summed E-state index contributed by atoms with van der Waals surface area (Å²) < 4.78 is 18.6. The lowest BCUT2D eigenvalue weighted by Gasteiger charge is -2.24. The van der Waals surface area contributed by atoms with Crippen LogP contribution in [0.5, 0.6) is 5.75 Å². The molecule has 0 saturated carbocycles. The molecule has 19 heavy (non-hydrogen) atoms. The molecule has 1 heterocycles. The number of hydrogen-bond donors (Lipinski definition) is 1. The zero-order valence-corrected chi connectivity index (χ0v) is 11.6. The molecule has 1 aromatic carbocycles. The van der Waals surface area contributed by atoms with E-state index in [-0.39, 0.29) is 17.6 Å². The van der Waals surface area contributed by atoms with Crippen LogP contribution in [0.4, 0.5) is 4.39 Å². The number of benzene rings is 1. The van der Waals surface area contributed by atoms with Gasteiger partial charge in [-0.1, -0.05) is 18.9 Å². The van der Waals surface area contributed by atoms with Gasteiger partial charge in [-0.05, 0) is 43.6 Å². The average Bonchev–Trinajstić information content (AvgIpc) is 2.67. The van der Waals surface area contributed by atoms with Crippen molar-refractivity contribution in [2.75, 3.05) is 26.7 Å². The SMILES string of the molecule is COc1ccc(C(N)CN2CCCCCC2)cc1F. The van der Waals surface area contributed by atoms with Crippen LogP contribution in [0.1, 0.15) is 37.3 Å². The third-order valence-electron chi connectivity index (χ3n) is 3.76. The maximum atomic E-state index is 13.7. The van der Waals surface area contributed by atoms with Crippen LogP contribution in [0.2, 0.25) is 0 Å². The summed E-state index contributed by atoms with van der Waals surface area (Å²) in [7, 11) is 1.47. The number of likely N-dealkylation sites (tertiary alicyclic amines) is 1. The third-order valence-corrected chi connectivity index (χ3v) is 3.76. The van der Waals surface area contributed by atoms with Crippen LogP contribution in [0.15, 0.2) is 18.2 Å². The minimum absolute atomic E-state index is 0.140. The van der Waals surface area contributed by atoms with Gasteiger partial charge in [0, 0.05) is 12.6 Å². The van der Waals surface area contributed by atoms with Crippen molar-refractivity contribution in [1.29, 1.82) is 0 Å². The van der Waals surface area contributed by atoms with Gasteiger partial charge in [0.1, 0.15) is 0 Å². The predicted octanol–water partition coefficient (Wildman–Crippen LogP) is 2.71. The Labute approximate surface area is 114 Å². The minimum Gasteiger partial charge on any atom is -0.494 e. The van der Waals surface area contributed by atoms with Crippen molar-refractivity contribution in [2.45, 2.75) is 31.7 Å². The number of rotatable bonds is 4.